The van der Waals surface area contributed by atoms with Crippen molar-refractivity contribution in [2.24, 2.45) is 11.7 Å². The first-order valence-electron chi connectivity index (χ1n) is 6.10. The Balaban J connectivity index is 0.000000770. The second kappa shape index (κ2) is 10.1. The lowest BCUT2D eigenvalue weighted by molar-refractivity contribution is -0.145. The summed E-state index contributed by atoms with van der Waals surface area (Å²) in [7, 11) is 0. The highest BCUT2D eigenvalue weighted by Crippen LogP contribution is 2.24. The van der Waals surface area contributed by atoms with E-state index in [0.717, 1.165) is 25.9 Å². The number of nitrogens with two attached hydrogens (primary N) is 1. The summed E-state index contributed by atoms with van der Waals surface area (Å²) >= 11 is 0. The van der Waals surface area contributed by atoms with Crippen LogP contribution in [0.3, 0.4) is 0 Å². The molecule has 0 radical (unpaired) electrons. The van der Waals surface area contributed by atoms with Gasteiger partial charge in [0.1, 0.15) is 0 Å². The van der Waals surface area contributed by atoms with Gasteiger partial charge in [-0.3, -0.25) is 9.59 Å². The molecule has 1 rings (SSSR count). The Labute approximate surface area is 103 Å². The number of rotatable bonds is 4. The molecule has 0 bridgehead atoms. The van der Waals surface area contributed by atoms with Crippen LogP contribution in [0.1, 0.15) is 39.5 Å². The zero-order valence-electron chi connectivity index (χ0n) is 10.7. The minimum Gasteiger partial charge on any atom is -0.466 e. The number of ether oxygens (including phenoxy) is 2. The van der Waals surface area contributed by atoms with E-state index in [4.69, 9.17) is 14.3 Å². The van der Waals surface area contributed by atoms with Crippen LogP contribution in [0.5, 0.6) is 0 Å². The average Bonchev–Trinajstić information content (AvgIpc) is 2.30. The lowest BCUT2D eigenvalue weighted by Gasteiger charge is -2.28. The largest absolute Gasteiger partial charge is 0.466 e. The lowest BCUT2D eigenvalue weighted by Crippen LogP contribution is -2.27. The normalized spacial score (nSPS) is 23.2. The molecule has 0 aromatic heterocycles. The summed E-state index contributed by atoms with van der Waals surface area (Å²) < 4.78 is 10.5. The number of carbonyl (C=O) groups is 2. The fraction of sp³-hybridized carbons (Fsp3) is 0.833. The van der Waals surface area contributed by atoms with Crippen molar-refractivity contribution in [2.75, 3.05) is 13.2 Å². The van der Waals surface area contributed by atoms with Crippen molar-refractivity contribution in [3.63, 3.8) is 0 Å². The number of amides is 1. The predicted octanol–water partition coefficient (Wildman–Crippen LogP) is 1.25. The van der Waals surface area contributed by atoms with Gasteiger partial charge in [0, 0.05) is 13.0 Å². The Morgan fingerprint density at radius 2 is 2.18 bits per heavy atom. The maximum atomic E-state index is 11.2. The molecular weight excluding hydrogens is 222 g/mol. The first-order valence-corrected chi connectivity index (χ1v) is 6.10. The number of esters is 1. The molecule has 5 nitrogen and oxygen atoms in total. The first kappa shape index (κ1) is 15.9. The van der Waals surface area contributed by atoms with Crippen molar-refractivity contribution in [3.05, 3.63) is 0 Å². The third kappa shape index (κ3) is 7.74. The molecule has 1 aliphatic rings. The summed E-state index contributed by atoms with van der Waals surface area (Å²) in [6.07, 6.45) is 4.21. The van der Waals surface area contributed by atoms with Gasteiger partial charge in [0.25, 0.3) is 0 Å². The molecule has 1 saturated heterocycles. The molecule has 17 heavy (non-hydrogen) atoms. The second-order valence-electron chi connectivity index (χ2n) is 3.94. The third-order valence-electron chi connectivity index (χ3n) is 2.69. The molecule has 100 valence electrons. The Hall–Kier alpha value is -1.10. The molecule has 5 heteroatoms. The average molecular weight is 245 g/mol. The van der Waals surface area contributed by atoms with Gasteiger partial charge in [0.15, 0.2) is 0 Å². The summed E-state index contributed by atoms with van der Waals surface area (Å²) in [5, 5.41) is 0. The fourth-order valence-electron chi connectivity index (χ4n) is 1.88. The zero-order valence-corrected chi connectivity index (χ0v) is 10.7. The van der Waals surface area contributed by atoms with Gasteiger partial charge < -0.3 is 15.2 Å². The molecule has 2 atom stereocenters. The predicted molar refractivity (Wildman–Crippen MR) is 64.3 cm³/mol. The van der Waals surface area contributed by atoms with E-state index in [-0.39, 0.29) is 12.4 Å². The number of hydrogen-bond acceptors (Lipinski definition) is 4. The summed E-state index contributed by atoms with van der Waals surface area (Å²) in [5.74, 6) is 0.405. The number of primary amides is 1. The van der Waals surface area contributed by atoms with E-state index in [1.54, 1.807) is 0 Å². The van der Waals surface area contributed by atoms with Crippen LogP contribution in [0.25, 0.3) is 0 Å². The molecule has 0 unspecified atom stereocenters. The Morgan fingerprint density at radius 3 is 2.71 bits per heavy atom. The van der Waals surface area contributed by atoms with E-state index < -0.39 is 0 Å². The monoisotopic (exact) mass is 245 g/mol. The molecule has 0 spiro atoms. The molecule has 1 fully saturated rings. The van der Waals surface area contributed by atoms with Gasteiger partial charge in [-0.15, -0.1) is 0 Å². The van der Waals surface area contributed by atoms with E-state index in [1.807, 2.05) is 6.92 Å². The molecule has 0 aromatic carbocycles. The van der Waals surface area contributed by atoms with Crippen molar-refractivity contribution >= 4 is 12.4 Å². The highest BCUT2D eigenvalue weighted by atomic mass is 16.5. The molecular formula is C12H23NO4. The van der Waals surface area contributed by atoms with Crippen molar-refractivity contribution in [1.29, 1.82) is 0 Å². The molecule has 0 aliphatic carbocycles. The van der Waals surface area contributed by atoms with E-state index in [2.05, 4.69) is 12.7 Å². The van der Waals surface area contributed by atoms with Crippen LogP contribution in [-0.4, -0.2) is 31.7 Å². The highest BCUT2D eigenvalue weighted by molar-refractivity contribution is 5.69. The van der Waals surface area contributed by atoms with Gasteiger partial charge >= 0.3 is 5.97 Å². The molecule has 1 heterocycles. The molecule has 1 amide bonds. The fourth-order valence-corrected chi connectivity index (χ4v) is 1.88. The van der Waals surface area contributed by atoms with Crippen LogP contribution in [0.4, 0.5) is 0 Å². The molecule has 1 aliphatic heterocycles. The van der Waals surface area contributed by atoms with Crippen LogP contribution in [0.2, 0.25) is 0 Å². The minimum atomic E-state index is -0.0609. The number of carbonyl (C=O) groups excluding carboxylic acids is 2. The van der Waals surface area contributed by atoms with Crippen LogP contribution in [0, 0.1) is 5.92 Å². The standard InChI is InChI=1S/C11H20O3.CH3NO/c1-3-10-7-9(5-6-14-10)8-11(12)13-4-2;2-1-3/h9-10H,3-8H2,1-2H3;1H,(H2,2,3)/t9-,10+;/m0./s1. The van der Waals surface area contributed by atoms with Gasteiger partial charge in [-0.25, -0.2) is 0 Å². The third-order valence-corrected chi connectivity index (χ3v) is 2.69. The topological polar surface area (TPSA) is 78.6 Å². The smallest absolute Gasteiger partial charge is 0.306 e. The van der Waals surface area contributed by atoms with Gasteiger partial charge in [0.2, 0.25) is 6.41 Å². The minimum absolute atomic E-state index is 0.0609. The maximum absolute atomic E-state index is 11.2. The highest BCUT2D eigenvalue weighted by Gasteiger charge is 2.23. The quantitative estimate of drug-likeness (QED) is 0.597. The van der Waals surface area contributed by atoms with Crippen LogP contribution in [0.15, 0.2) is 0 Å². The Bertz CT molecular complexity index is 221. The van der Waals surface area contributed by atoms with Crippen molar-refractivity contribution < 1.29 is 19.1 Å². The van der Waals surface area contributed by atoms with Gasteiger partial charge in [0.05, 0.1) is 12.7 Å². The first-order chi connectivity index (χ1) is 8.17. The van der Waals surface area contributed by atoms with Crippen LogP contribution in [-0.2, 0) is 19.1 Å². The number of hydrogen-bond donors (Lipinski definition) is 1. The second-order valence-corrected chi connectivity index (χ2v) is 3.94. The molecule has 0 saturated carbocycles. The van der Waals surface area contributed by atoms with Crippen molar-refractivity contribution in [2.45, 2.75) is 45.6 Å². The van der Waals surface area contributed by atoms with E-state index in [9.17, 15) is 4.79 Å². The molecule has 2 N–H and O–H groups in total. The SMILES string of the molecule is CCOC(=O)C[C@H]1CCO[C@H](CC)C1.NC=O. The van der Waals surface area contributed by atoms with E-state index in [0.29, 0.717) is 25.0 Å². The molecule has 0 aromatic rings. The van der Waals surface area contributed by atoms with Gasteiger partial charge in [-0.1, -0.05) is 6.92 Å². The van der Waals surface area contributed by atoms with Crippen molar-refractivity contribution in [3.8, 4) is 0 Å². The summed E-state index contributed by atoms with van der Waals surface area (Å²) in [4.78, 5) is 19.8. The van der Waals surface area contributed by atoms with Gasteiger partial charge in [-0.05, 0) is 32.1 Å². The zero-order chi connectivity index (χ0) is 13.1. The lowest BCUT2D eigenvalue weighted by atomic mass is 9.91. The van der Waals surface area contributed by atoms with Gasteiger partial charge in [-0.2, -0.15) is 0 Å². The Morgan fingerprint density at radius 1 is 1.53 bits per heavy atom. The summed E-state index contributed by atoms with van der Waals surface area (Å²) in [6.45, 7) is 5.25. The van der Waals surface area contributed by atoms with E-state index >= 15 is 0 Å². The summed E-state index contributed by atoms with van der Waals surface area (Å²) in [6, 6.07) is 0. The van der Waals surface area contributed by atoms with E-state index in [1.165, 1.54) is 0 Å². The summed E-state index contributed by atoms with van der Waals surface area (Å²) in [5.41, 5.74) is 4.17. The maximum Gasteiger partial charge on any atom is 0.306 e. The van der Waals surface area contributed by atoms with Crippen LogP contribution < -0.4 is 5.73 Å². The van der Waals surface area contributed by atoms with Crippen LogP contribution >= 0.6 is 0 Å². The Kier molecular flexibility index (Phi) is 9.43. The van der Waals surface area contributed by atoms with Crippen molar-refractivity contribution in [1.82, 2.24) is 0 Å².